The molecule has 0 saturated carbocycles. The molecule has 0 aliphatic rings. The van der Waals surface area contributed by atoms with E-state index in [1.54, 1.807) is 24.3 Å². The van der Waals surface area contributed by atoms with Crippen molar-refractivity contribution in [1.29, 1.82) is 0 Å². The molecule has 0 fully saturated rings. The van der Waals surface area contributed by atoms with Crippen LogP contribution in [0.15, 0.2) is 35.2 Å². The SMILES string of the molecule is CC(=C(F)F)c1ccccc1S(C)=O. The van der Waals surface area contributed by atoms with Crippen molar-refractivity contribution in [3.8, 4) is 0 Å². The van der Waals surface area contributed by atoms with Crippen molar-refractivity contribution in [1.82, 2.24) is 0 Å². The zero-order valence-corrected chi connectivity index (χ0v) is 8.70. The van der Waals surface area contributed by atoms with Crippen LogP contribution in [-0.2, 0) is 10.8 Å². The van der Waals surface area contributed by atoms with Crippen LogP contribution in [0.1, 0.15) is 12.5 Å². The third-order valence-corrected chi connectivity index (χ3v) is 2.86. The molecule has 0 aliphatic carbocycles. The maximum atomic E-state index is 12.3. The fourth-order valence-corrected chi connectivity index (χ4v) is 1.93. The van der Waals surface area contributed by atoms with Crippen molar-refractivity contribution in [2.24, 2.45) is 0 Å². The Morgan fingerprint density at radius 2 is 1.86 bits per heavy atom. The summed E-state index contributed by atoms with van der Waals surface area (Å²) in [6, 6.07) is 6.48. The van der Waals surface area contributed by atoms with Crippen LogP contribution in [0.2, 0.25) is 0 Å². The quantitative estimate of drug-likeness (QED) is 0.742. The van der Waals surface area contributed by atoms with Crippen molar-refractivity contribution >= 4 is 16.4 Å². The van der Waals surface area contributed by atoms with Gasteiger partial charge < -0.3 is 0 Å². The summed E-state index contributed by atoms with van der Waals surface area (Å²) in [5, 5.41) is 0. The number of halogens is 2. The second kappa shape index (κ2) is 4.46. The minimum absolute atomic E-state index is 0.115. The van der Waals surface area contributed by atoms with E-state index < -0.39 is 16.9 Å². The Hall–Kier alpha value is -1.03. The fraction of sp³-hybridized carbons (Fsp3) is 0.200. The molecule has 1 rings (SSSR count). The van der Waals surface area contributed by atoms with Crippen molar-refractivity contribution in [2.75, 3.05) is 6.26 Å². The standard InChI is InChI=1S/C10H10F2OS/c1-7(10(11)12)8-5-3-4-6-9(8)14(2)13/h3-6H,1-2H3. The lowest BCUT2D eigenvalue weighted by molar-refractivity contribution is 0.425. The van der Waals surface area contributed by atoms with Gasteiger partial charge in [0.05, 0.1) is 10.8 Å². The first-order chi connectivity index (χ1) is 6.54. The number of rotatable bonds is 2. The van der Waals surface area contributed by atoms with E-state index >= 15 is 0 Å². The Balaban J connectivity index is 3.35. The third-order valence-electron chi connectivity index (χ3n) is 1.88. The van der Waals surface area contributed by atoms with E-state index in [0.29, 0.717) is 10.5 Å². The van der Waals surface area contributed by atoms with Gasteiger partial charge in [0.2, 0.25) is 0 Å². The van der Waals surface area contributed by atoms with Crippen LogP contribution >= 0.6 is 0 Å². The topological polar surface area (TPSA) is 17.1 Å². The van der Waals surface area contributed by atoms with Crippen LogP contribution in [0.25, 0.3) is 5.57 Å². The fourth-order valence-electron chi connectivity index (χ4n) is 1.13. The maximum Gasteiger partial charge on any atom is 0.273 e. The molecule has 1 unspecified atom stereocenters. The number of allylic oxidation sites excluding steroid dienone is 1. The average molecular weight is 216 g/mol. The van der Waals surface area contributed by atoms with Crippen LogP contribution in [0.5, 0.6) is 0 Å². The highest BCUT2D eigenvalue weighted by molar-refractivity contribution is 7.84. The van der Waals surface area contributed by atoms with Gasteiger partial charge in [-0.1, -0.05) is 18.2 Å². The van der Waals surface area contributed by atoms with Gasteiger partial charge in [0.25, 0.3) is 6.08 Å². The van der Waals surface area contributed by atoms with Crippen LogP contribution in [-0.4, -0.2) is 10.5 Å². The van der Waals surface area contributed by atoms with E-state index in [1.165, 1.54) is 13.2 Å². The molecule has 0 N–H and O–H groups in total. The molecule has 14 heavy (non-hydrogen) atoms. The lowest BCUT2D eigenvalue weighted by Gasteiger charge is -2.05. The molecule has 76 valence electrons. The zero-order valence-electron chi connectivity index (χ0n) is 7.88. The Kier molecular flexibility index (Phi) is 3.52. The van der Waals surface area contributed by atoms with E-state index in [0.717, 1.165) is 0 Å². The molecule has 0 spiro atoms. The Bertz CT molecular complexity index is 395. The second-order valence-corrected chi connectivity index (χ2v) is 4.18. The molecule has 0 aliphatic heterocycles. The van der Waals surface area contributed by atoms with Crippen molar-refractivity contribution in [3.63, 3.8) is 0 Å². The summed E-state index contributed by atoms with van der Waals surface area (Å²) in [6.45, 7) is 1.32. The van der Waals surface area contributed by atoms with Gasteiger partial charge in [0, 0.05) is 16.7 Å². The molecule has 0 bridgehead atoms. The van der Waals surface area contributed by atoms with E-state index in [9.17, 15) is 13.0 Å². The van der Waals surface area contributed by atoms with Gasteiger partial charge >= 0.3 is 0 Å². The van der Waals surface area contributed by atoms with Crippen LogP contribution in [0.3, 0.4) is 0 Å². The smallest absolute Gasteiger partial charge is 0.255 e. The average Bonchev–Trinajstić information content (AvgIpc) is 2.16. The molecule has 1 aromatic rings. The summed E-state index contributed by atoms with van der Waals surface area (Å²) in [5.74, 6) is 0. The summed E-state index contributed by atoms with van der Waals surface area (Å²) in [4.78, 5) is 0.442. The van der Waals surface area contributed by atoms with Gasteiger partial charge in [-0.25, -0.2) is 0 Å². The summed E-state index contributed by atoms with van der Waals surface area (Å²) in [7, 11) is -1.25. The van der Waals surface area contributed by atoms with Gasteiger partial charge in [-0.2, -0.15) is 8.78 Å². The molecule has 0 heterocycles. The van der Waals surface area contributed by atoms with Crippen LogP contribution < -0.4 is 0 Å². The normalized spacial score (nSPS) is 12.3. The van der Waals surface area contributed by atoms with E-state index in [-0.39, 0.29) is 5.57 Å². The molecular weight excluding hydrogens is 206 g/mol. The van der Waals surface area contributed by atoms with Crippen LogP contribution in [0.4, 0.5) is 8.78 Å². The molecule has 0 radical (unpaired) electrons. The molecule has 0 saturated heterocycles. The maximum absolute atomic E-state index is 12.3. The highest BCUT2D eigenvalue weighted by atomic mass is 32.2. The molecule has 1 nitrogen and oxygen atoms in total. The number of benzene rings is 1. The number of hydrogen-bond acceptors (Lipinski definition) is 1. The van der Waals surface area contributed by atoms with Crippen LogP contribution in [0, 0.1) is 0 Å². The molecule has 0 amide bonds. The first-order valence-corrected chi connectivity index (χ1v) is 5.54. The third kappa shape index (κ3) is 2.26. The first-order valence-electron chi connectivity index (χ1n) is 3.98. The van der Waals surface area contributed by atoms with E-state index in [1.807, 2.05) is 0 Å². The highest BCUT2D eigenvalue weighted by Gasteiger charge is 2.10. The summed E-state index contributed by atoms with van der Waals surface area (Å²) in [5.41, 5.74) is 0.240. The monoisotopic (exact) mass is 216 g/mol. The lowest BCUT2D eigenvalue weighted by atomic mass is 10.1. The summed E-state index contributed by atoms with van der Waals surface area (Å²) in [6.07, 6.45) is -0.259. The number of hydrogen-bond donors (Lipinski definition) is 0. The van der Waals surface area contributed by atoms with E-state index in [2.05, 4.69) is 0 Å². The minimum Gasteiger partial charge on any atom is -0.255 e. The Labute approximate surface area is 83.9 Å². The molecule has 1 atom stereocenters. The van der Waals surface area contributed by atoms with E-state index in [4.69, 9.17) is 0 Å². The van der Waals surface area contributed by atoms with Gasteiger partial charge in [0.15, 0.2) is 0 Å². The van der Waals surface area contributed by atoms with Gasteiger partial charge in [-0.05, 0) is 18.6 Å². The molecule has 4 heteroatoms. The van der Waals surface area contributed by atoms with Gasteiger partial charge in [-0.3, -0.25) is 4.21 Å². The predicted octanol–water partition coefficient (Wildman–Crippen LogP) is 3.05. The first kappa shape index (κ1) is 11.0. The highest BCUT2D eigenvalue weighted by Crippen LogP contribution is 2.25. The van der Waals surface area contributed by atoms with Crippen molar-refractivity contribution < 1.29 is 13.0 Å². The minimum atomic E-state index is -1.73. The lowest BCUT2D eigenvalue weighted by Crippen LogP contribution is -1.94. The molecule has 0 aromatic heterocycles. The second-order valence-electron chi connectivity index (χ2n) is 2.84. The largest absolute Gasteiger partial charge is 0.273 e. The molecule has 1 aromatic carbocycles. The Morgan fingerprint density at radius 3 is 2.36 bits per heavy atom. The summed E-state index contributed by atoms with van der Waals surface area (Å²) >= 11 is 0. The Morgan fingerprint density at radius 1 is 1.29 bits per heavy atom. The van der Waals surface area contributed by atoms with Gasteiger partial charge in [0.1, 0.15) is 0 Å². The van der Waals surface area contributed by atoms with Crippen molar-refractivity contribution in [2.45, 2.75) is 11.8 Å². The molecular formula is C10H10F2OS. The summed E-state index contributed by atoms with van der Waals surface area (Å²) < 4.78 is 35.9. The predicted molar refractivity (Wildman–Crippen MR) is 53.6 cm³/mol. The van der Waals surface area contributed by atoms with Gasteiger partial charge in [-0.15, -0.1) is 0 Å². The zero-order chi connectivity index (χ0) is 10.7. The van der Waals surface area contributed by atoms with Crippen molar-refractivity contribution in [3.05, 3.63) is 35.9 Å².